The fraction of sp³-hybridized carbons (Fsp3) is 0.565. The molecule has 0 atom stereocenters. The van der Waals surface area contributed by atoms with Gasteiger partial charge in [0.1, 0.15) is 5.82 Å². The lowest BCUT2D eigenvalue weighted by atomic mass is 9.99. The van der Waals surface area contributed by atoms with Crippen LogP contribution in [0.4, 0.5) is 4.39 Å². The highest BCUT2D eigenvalue weighted by Gasteiger charge is 2.37. The highest BCUT2D eigenvalue weighted by atomic mass is 28.4. The summed E-state index contributed by atoms with van der Waals surface area (Å²) in [6.45, 7) is 13.8. The van der Waals surface area contributed by atoms with Gasteiger partial charge in [0.15, 0.2) is 8.32 Å². The zero-order valence-electron chi connectivity index (χ0n) is 18.8. The van der Waals surface area contributed by atoms with Gasteiger partial charge in [-0.1, -0.05) is 39.0 Å². The van der Waals surface area contributed by atoms with Gasteiger partial charge in [0.2, 0.25) is 0 Å². The van der Waals surface area contributed by atoms with Gasteiger partial charge in [-0.25, -0.2) is 14.4 Å². The molecule has 1 aliphatic rings. The molecule has 1 aromatic heterocycles. The lowest BCUT2D eigenvalue weighted by molar-refractivity contribution is 0.202. The zero-order valence-corrected chi connectivity index (χ0v) is 19.8. The van der Waals surface area contributed by atoms with E-state index in [9.17, 15) is 0 Å². The van der Waals surface area contributed by atoms with Crippen LogP contribution in [0.3, 0.4) is 0 Å². The standard InChI is InChI=1S/C23H34FN3O2Si/c1-23(2,3)30(4,5)29-16-18-7-6-8-20(21(18)24)19-13-26-22(27-14-19)28-15-17-9-11-25-12-10-17/h6-8,13-14,17,25H,9-12,15-16H2,1-5H3. The van der Waals surface area contributed by atoms with Crippen LogP contribution >= 0.6 is 0 Å². The van der Waals surface area contributed by atoms with Gasteiger partial charge in [-0.15, -0.1) is 0 Å². The smallest absolute Gasteiger partial charge is 0.316 e. The first kappa shape index (κ1) is 22.8. The Hall–Kier alpha value is -1.83. The van der Waals surface area contributed by atoms with Gasteiger partial charge in [0.05, 0.1) is 13.2 Å². The summed E-state index contributed by atoms with van der Waals surface area (Å²) < 4.78 is 27.1. The summed E-state index contributed by atoms with van der Waals surface area (Å²) in [5.74, 6) is 0.257. The lowest BCUT2D eigenvalue weighted by Crippen LogP contribution is -2.40. The van der Waals surface area contributed by atoms with E-state index in [0.717, 1.165) is 25.9 Å². The molecule has 0 unspecified atom stereocenters. The molecular formula is C23H34FN3O2Si. The molecule has 0 bridgehead atoms. The first-order chi connectivity index (χ1) is 14.2. The summed E-state index contributed by atoms with van der Waals surface area (Å²) in [6, 6.07) is 5.72. The second-order valence-corrected chi connectivity index (χ2v) is 14.4. The van der Waals surface area contributed by atoms with E-state index < -0.39 is 8.32 Å². The number of nitrogens with zero attached hydrogens (tertiary/aromatic N) is 2. The maximum absolute atomic E-state index is 15.2. The third kappa shape index (κ3) is 5.65. The number of rotatable bonds is 7. The SMILES string of the molecule is CC(C)(C)[Si](C)(C)OCc1cccc(-c2cnc(OCC3CCNCC3)nc2)c1F. The fourth-order valence-corrected chi connectivity index (χ4v) is 4.11. The van der Waals surface area contributed by atoms with Crippen LogP contribution in [0.1, 0.15) is 39.2 Å². The Labute approximate surface area is 180 Å². The van der Waals surface area contributed by atoms with E-state index in [-0.39, 0.29) is 17.5 Å². The minimum atomic E-state index is -1.95. The Kier molecular flexibility index (Phi) is 7.26. The molecule has 0 amide bonds. The molecule has 3 rings (SSSR count). The van der Waals surface area contributed by atoms with E-state index in [2.05, 4.69) is 49.1 Å². The summed E-state index contributed by atoms with van der Waals surface area (Å²) in [6.07, 6.45) is 5.46. The Morgan fingerprint density at radius 1 is 1.13 bits per heavy atom. The number of benzene rings is 1. The molecule has 0 spiro atoms. The van der Waals surface area contributed by atoms with Gasteiger partial charge in [-0.05, 0) is 50.0 Å². The second kappa shape index (κ2) is 9.54. The summed E-state index contributed by atoms with van der Waals surface area (Å²) in [4.78, 5) is 8.58. The molecule has 1 aromatic carbocycles. The molecule has 0 saturated carbocycles. The Balaban J connectivity index is 1.66. The van der Waals surface area contributed by atoms with Crippen LogP contribution in [-0.4, -0.2) is 38.0 Å². The van der Waals surface area contributed by atoms with E-state index in [1.807, 2.05) is 6.07 Å². The van der Waals surface area contributed by atoms with Crippen molar-refractivity contribution in [2.45, 2.75) is 58.4 Å². The summed E-state index contributed by atoms with van der Waals surface area (Å²) in [5, 5.41) is 3.43. The molecule has 164 valence electrons. The maximum atomic E-state index is 15.2. The third-order valence-electron chi connectivity index (χ3n) is 6.32. The maximum Gasteiger partial charge on any atom is 0.316 e. The molecule has 30 heavy (non-hydrogen) atoms. The molecule has 0 radical (unpaired) electrons. The van der Waals surface area contributed by atoms with E-state index in [1.54, 1.807) is 24.5 Å². The van der Waals surface area contributed by atoms with Crippen molar-refractivity contribution in [3.05, 3.63) is 42.0 Å². The second-order valence-electron chi connectivity index (χ2n) is 9.59. The monoisotopic (exact) mass is 431 g/mol. The van der Waals surface area contributed by atoms with Crippen molar-refractivity contribution in [1.29, 1.82) is 0 Å². The van der Waals surface area contributed by atoms with Gasteiger partial charge < -0.3 is 14.5 Å². The first-order valence-corrected chi connectivity index (χ1v) is 13.7. The number of halogens is 1. The predicted octanol–water partition coefficient (Wildman–Crippen LogP) is 5.18. The largest absolute Gasteiger partial charge is 0.463 e. The van der Waals surface area contributed by atoms with Gasteiger partial charge in [-0.2, -0.15) is 0 Å². The van der Waals surface area contributed by atoms with Crippen LogP contribution < -0.4 is 10.1 Å². The topological polar surface area (TPSA) is 56.3 Å². The Morgan fingerprint density at radius 2 is 1.80 bits per heavy atom. The molecule has 1 N–H and O–H groups in total. The number of nitrogens with one attached hydrogen (secondary N) is 1. The number of hydrogen-bond acceptors (Lipinski definition) is 5. The van der Waals surface area contributed by atoms with Crippen LogP contribution in [-0.2, 0) is 11.0 Å². The predicted molar refractivity (Wildman–Crippen MR) is 121 cm³/mol. The average Bonchev–Trinajstić information content (AvgIpc) is 2.72. The van der Waals surface area contributed by atoms with Crippen molar-refractivity contribution in [1.82, 2.24) is 15.3 Å². The number of piperidine rings is 1. The average molecular weight is 432 g/mol. The molecule has 1 fully saturated rings. The minimum Gasteiger partial charge on any atom is -0.463 e. The Morgan fingerprint density at radius 3 is 2.43 bits per heavy atom. The van der Waals surface area contributed by atoms with Gasteiger partial charge in [0, 0.05) is 29.1 Å². The molecular weight excluding hydrogens is 397 g/mol. The van der Waals surface area contributed by atoms with E-state index >= 15 is 4.39 Å². The third-order valence-corrected chi connectivity index (χ3v) is 10.8. The number of aromatic nitrogens is 2. The number of hydrogen-bond donors (Lipinski definition) is 1. The summed E-state index contributed by atoms with van der Waals surface area (Å²) in [5.41, 5.74) is 1.68. The van der Waals surface area contributed by atoms with Crippen LogP contribution in [0.15, 0.2) is 30.6 Å². The fourth-order valence-electron chi connectivity index (χ4n) is 3.16. The number of ether oxygens (including phenoxy) is 1. The van der Waals surface area contributed by atoms with Gasteiger partial charge in [0.25, 0.3) is 0 Å². The highest BCUT2D eigenvalue weighted by molar-refractivity contribution is 6.74. The van der Waals surface area contributed by atoms with Crippen LogP contribution in [0.2, 0.25) is 18.1 Å². The molecule has 1 aliphatic heterocycles. The van der Waals surface area contributed by atoms with Crippen LogP contribution in [0.25, 0.3) is 11.1 Å². The van der Waals surface area contributed by atoms with Crippen molar-refractivity contribution < 1.29 is 13.6 Å². The minimum absolute atomic E-state index is 0.0822. The molecule has 1 saturated heterocycles. The molecule has 0 aliphatic carbocycles. The van der Waals surface area contributed by atoms with E-state index in [1.165, 1.54) is 0 Å². The summed E-state index contributed by atoms with van der Waals surface area (Å²) >= 11 is 0. The Bertz CT molecular complexity index is 831. The zero-order chi connectivity index (χ0) is 21.8. The quantitative estimate of drug-likeness (QED) is 0.612. The van der Waals surface area contributed by atoms with Crippen molar-refractivity contribution in [3.8, 4) is 17.1 Å². The molecule has 2 aromatic rings. The van der Waals surface area contributed by atoms with Gasteiger partial charge >= 0.3 is 6.01 Å². The van der Waals surface area contributed by atoms with Crippen molar-refractivity contribution in [3.63, 3.8) is 0 Å². The lowest BCUT2D eigenvalue weighted by Gasteiger charge is -2.36. The molecule has 7 heteroatoms. The van der Waals surface area contributed by atoms with Crippen LogP contribution in [0, 0.1) is 11.7 Å². The van der Waals surface area contributed by atoms with E-state index in [4.69, 9.17) is 9.16 Å². The normalized spacial score (nSPS) is 15.9. The highest BCUT2D eigenvalue weighted by Crippen LogP contribution is 2.37. The summed E-state index contributed by atoms with van der Waals surface area (Å²) in [7, 11) is -1.95. The van der Waals surface area contributed by atoms with Gasteiger partial charge in [-0.3, -0.25) is 0 Å². The van der Waals surface area contributed by atoms with Crippen molar-refractivity contribution in [2.75, 3.05) is 19.7 Å². The van der Waals surface area contributed by atoms with Crippen LogP contribution in [0.5, 0.6) is 6.01 Å². The first-order valence-electron chi connectivity index (χ1n) is 10.7. The molecule has 5 nitrogen and oxygen atoms in total. The molecule has 2 heterocycles. The van der Waals surface area contributed by atoms with Crippen molar-refractivity contribution in [2.24, 2.45) is 5.92 Å². The van der Waals surface area contributed by atoms with Crippen molar-refractivity contribution >= 4 is 8.32 Å². The van der Waals surface area contributed by atoms with E-state index in [0.29, 0.717) is 35.2 Å².